The fraction of sp³-hybridized carbons (Fsp3) is 0.300. The van der Waals surface area contributed by atoms with Gasteiger partial charge in [0.05, 0.1) is 11.9 Å². The maximum absolute atomic E-state index is 5.00. The van der Waals surface area contributed by atoms with E-state index in [9.17, 15) is 0 Å². The number of aryl methyl sites for hydroxylation is 1. The van der Waals surface area contributed by atoms with Crippen molar-refractivity contribution in [2.75, 3.05) is 14.1 Å². The molecule has 0 atom stereocenters. The first-order chi connectivity index (χ1) is 8.51. The summed E-state index contributed by atoms with van der Waals surface area (Å²) in [5.74, 6) is 0. The number of nitrogens with one attached hydrogen (secondary N) is 1. The molecule has 0 amide bonds. The SMILES string of the molecule is Cc1cccc(C=NNC(=S)N(C)C)n1.[Cl][Cu][Cl]. The Labute approximate surface area is 127 Å². The van der Waals surface area contributed by atoms with Gasteiger partial charge in [-0.1, -0.05) is 6.07 Å². The molecule has 0 aliphatic heterocycles. The second-order valence-electron chi connectivity index (χ2n) is 3.32. The third-order valence-electron chi connectivity index (χ3n) is 1.67. The number of rotatable bonds is 2. The Morgan fingerprint density at radius 2 is 2.11 bits per heavy atom. The summed E-state index contributed by atoms with van der Waals surface area (Å²) in [7, 11) is 13.1. The minimum atomic E-state index is 0.568. The van der Waals surface area contributed by atoms with E-state index >= 15 is 0 Å². The molecule has 0 aliphatic rings. The van der Waals surface area contributed by atoms with E-state index < -0.39 is 0 Å². The van der Waals surface area contributed by atoms with Crippen LogP contribution in [-0.2, 0) is 13.1 Å². The molecule has 0 bridgehead atoms. The van der Waals surface area contributed by atoms with Gasteiger partial charge in [-0.2, -0.15) is 5.10 Å². The second kappa shape index (κ2) is 10.5. The molecule has 105 valence electrons. The Balaban J connectivity index is 0.000000873. The molecule has 1 N–H and O–H groups in total. The van der Waals surface area contributed by atoms with Crippen molar-refractivity contribution in [1.29, 1.82) is 0 Å². The normalized spacial score (nSPS) is 9.83. The molecule has 0 unspecified atom stereocenters. The molecule has 0 radical (unpaired) electrons. The van der Waals surface area contributed by atoms with Gasteiger partial charge in [0.15, 0.2) is 5.11 Å². The van der Waals surface area contributed by atoms with Gasteiger partial charge in [0.2, 0.25) is 0 Å². The average molecular weight is 357 g/mol. The van der Waals surface area contributed by atoms with Gasteiger partial charge >= 0.3 is 33.3 Å². The maximum atomic E-state index is 5.00. The van der Waals surface area contributed by atoms with Gasteiger partial charge in [0.25, 0.3) is 0 Å². The van der Waals surface area contributed by atoms with E-state index in [2.05, 4.69) is 35.7 Å². The molecular weight excluding hydrogens is 343 g/mol. The fourth-order valence-electron chi connectivity index (χ4n) is 0.890. The Kier molecular flexibility index (Phi) is 10.3. The van der Waals surface area contributed by atoms with Crippen molar-refractivity contribution in [1.82, 2.24) is 15.3 Å². The van der Waals surface area contributed by atoms with Gasteiger partial charge in [0.1, 0.15) is 0 Å². The number of nitrogens with zero attached hydrogens (tertiary/aromatic N) is 3. The zero-order valence-corrected chi connectivity index (χ0v) is 13.4. The molecule has 0 saturated heterocycles. The van der Waals surface area contributed by atoms with Crippen LogP contribution in [0.25, 0.3) is 0 Å². The molecule has 0 saturated carbocycles. The first-order valence-corrected chi connectivity index (χ1v) is 7.76. The summed E-state index contributed by atoms with van der Waals surface area (Å²) in [6, 6.07) is 5.76. The molecule has 4 nitrogen and oxygen atoms in total. The third-order valence-corrected chi connectivity index (χ3v) is 2.13. The van der Waals surface area contributed by atoms with Crippen molar-refractivity contribution in [3.8, 4) is 0 Å². The Morgan fingerprint density at radius 1 is 1.50 bits per heavy atom. The Morgan fingerprint density at radius 3 is 2.61 bits per heavy atom. The molecule has 1 rings (SSSR count). The number of hydrogen-bond acceptors (Lipinski definition) is 3. The number of hydrogen-bond donors (Lipinski definition) is 1. The molecule has 0 spiro atoms. The van der Waals surface area contributed by atoms with Crippen LogP contribution in [0.5, 0.6) is 0 Å². The van der Waals surface area contributed by atoms with Crippen molar-refractivity contribution >= 4 is 43.7 Å². The van der Waals surface area contributed by atoms with Crippen LogP contribution in [0.3, 0.4) is 0 Å². The van der Waals surface area contributed by atoms with Gasteiger partial charge < -0.3 is 4.90 Å². The topological polar surface area (TPSA) is 40.5 Å². The van der Waals surface area contributed by atoms with Crippen LogP contribution in [0.4, 0.5) is 0 Å². The molecule has 0 aliphatic carbocycles. The van der Waals surface area contributed by atoms with Gasteiger partial charge in [-0.25, -0.2) is 0 Å². The average Bonchev–Trinajstić information content (AvgIpc) is 2.30. The van der Waals surface area contributed by atoms with Crippen LogP contribution in [-0.4, -0.2) is 35.3 Å². The molecule has 1 heterocycles. The van der Waals surface area contributed by atoms with Crippen LogP contribution in [0, 0.1) is 6.92 Å². The van der Waals surface area contributed by atoms with Crippen LogP contribution in [0.1, 0.15) is 11.4 Å². The van der Waals surface area contributed by atoms with E-state index in [-0.39, 0.29) is 0 Å². The predicted molar refractivity (Wildman–Crippen MR) is 77.7 cm³/mol. The van der Waals surface area contributed by atoms with E-state index in [1.54, 1.807) is 11.1 Å². The number of aromatic nitrogens is 1. The van der Waals surface area contributed by atoms with Crippen molar-refractivity contribution in [2.45, 2.75) is 6.92 Å². The molecule has 1 aromatic rings. The molecule has 0 fully saturated rings. The monoisotopic (exact) mass is 355 g/mol. The van der Waals surface area contributed by atoms with Gasteiger partial charge in [-0.3, -0.25) is 10.4 Å². The van der Waals surface area contributed by atoms with Crippen LogP contribution < -0.4 is 5.43 Å². The summed E-state index contributed by atoms with van der Waals surface area (Å²) >= 11 is 5.76. The first kappa shape index (κ1) is 17.6. The first-order valence-electron chi connectivity index (χ1n) is 4.76. The van der Waals surface area contributed by atoms with Crippen molar-refractivity contribution in [3.63, 3.8) is 0 Å². The Bertz CT molecular complexity index is 401. The summed E-state index contributed by atoms with van der Waals surface area (Å²) in [6.07, 6.45) is 1.64. The summed E-state index contributed by atoms with van der Waals surface area (Å²) in [5, 5.41) is 4.55. The number of hydrazone groups is 1. The molecule has 8 heteroatoms. The summed E-state index contributed by atoms with van der Waals surface area (Å²) in [4.78, 5) is 6.04. The van der Waals surface area contributed by atoms with E-state index in [4.69, 9.17) is 12.2 Å². The van der Waals surface area contributed by atoms with E-state index in [0.717, 1.165) is 24.5 Å². The van der Waals surface area contributed by atoms with Crippen molar-refractivity contribution in [3.05, 3.63) is 29.6 Å². The van der Waals surface area contributed by atoms with Gasteiger partial charge in [-0.15, -0.1) is 0 Å². The van der Waals surface area contributed by atoms with Gasteiger partial charge in [-0.05, 0) is 31.3 Å². The summed E-state index contributed by atoms with van der Waals surface area (Å²) in [6.45, 7) is 1.94. The minimum absolute atomic E-state index is 0.568. The third kappa shape index (κ3) is 8.66. The van der Waals surface area contributed by atoms with E-state index in [1.165, 1.54) is 0 Å². The molecular formula is C10H14Cl2CuN4S. The number of halogens is 2. The standard InChI is InChI=1S/C10H14N4S.2ClH.Cu/c1-8-5-4-6-9(12-8)7-11-13-10(15)14(2)3;;;/h4-7H,1-3H3,(H,13,15);2*1H;/q;;;+2/p-2. The van der Waals surface area contributed by atoms with Crippen LogP contribution >= 0.6 is 32.4 Å². The second-order valence-corrected chi connectivity index (χ2v) is 5.26. The molecule has 1 aromatic heterocycles. The fourth-order valence-corrected chi connectivity index (χ4v) is 0.942. The van der Waals surface area contributed by atoms with Gasteiger partial charge in [0, 0.05) is 19.8 Å². The van der Waals surface area contributed by atoms with Crippen LogP contribution in [0.15, 0.2) is 23.3 Å². The Hall–Kier alpha value is -0.391. The summed E-state index contributed by atoms with van der Waals surface area (Å²) < 4.78 is 0. The molecule has 18 heavy (non-hydrogen) atoms. The zero-order valence-electron chi connectivity index (χ0n) is 10.1. The van der Waals surface area contributed by atoms with E-state index in [0.29, 0.717) is 5.11 Å². The summed E-state index contributed by atoms with van der Waals surface area (Å²) in [5.41, 5.74) is 4.51. The zero-order chi connectivity index (χ0) is 14.0. The molecule has 0 aromatic carbocycles. The van der Waals surface area contributed by atoms with E-state index in [1.807, 2.05) is 39.2 Å². The van der Waals surface area contributed by atoms with Crippen molar-refractivity contribution < 1.29 is 13.1 Å². The predicted octanol–water partition coefficient (Wildman–Crippen LogP) is 2.54. The number of pyridine rings is 1. The quantitative estimate of drug-likeness (QED) is 0.383. The van der Waals surface area contributed by atoms with Crippen LogP contribution in [0.2, 0.25) is 0 Å². The number of thiocarbonyl (C=S) groups is 1. The van der Waals surface area contributed by atoms with Crippen molar-refractivity contribution in [2.24, 2.45) is 5.10 Å².